The highest BCUT2D eigenvalue weighted by Crippen LogP contribution is 2.25. The number of benzene rings is 1. The standard InChI is InChI=1S/C15H19NOS.ClH/c1-15(2,3)17-13-6-4-11(5-7-13)14(16)12-8-9-18-10-12;/h4-10,14H,16H2,1-3H3;1H/t14-;/m1./s1. The number of rotatable bonds is 3. The molecule has 1 aromatic heterocycles. The van der Waals surface area contributed by atoms with Crippen molar-refractivity contribution in [2.24, 2.45) is 5.73 Å². The molecule has 1 atom stereocenters. The van der Waals surface area contributed by atoms with E-state index < -0.39 is 0 Å². The summed E-state index contributed by atoms with van der Waals surface area (Å²) in [4.78, 5) is 0. The van der Waals surface area contributed by atoms with E-state index in [-0.39, 0.29) is 24.0 Å². The second-order valence-corrected chi connectivity index (χ2v) is 6.10. The van der Waals surface area contributed by atoms with Gasteiger partial charge in [-0.1, -0.05) is 12.1 Å². The van der Waals surface area contributed by atoms with Gasteiger partial charge in [-0.15, -0.1) is 12.4 Å². The summed E-state index contributed by atoms with van der Waals surface area (Å²) < 4.78 is 5.79. The number of hydrogen-bond donors (Lipinski definition) is 1. The maximum absolute atomic E-state index is 6.20. The molecule has 0 aliphatic rings. The smallest absolute Gasteiger partial charge is 0.120 e. The average Bonchev–Trinajstić information content (AvgIpc) is 2.80. The van der Waals surface area contributed by atoms with E-state index in [1.54, 1.807) is 11.3 Å². The van der Waals surface area contributed by atoms with Gasteiger partial charge in [-0.2, -0.15) is 11.3 Å². The molecule has 1 heterocycles. The van der Waals surface area contributed by atoms with Crippen LogP contribution in [0.1, 0.15) is 37.9 Å². The van der Waals surface area contributed by atoms with Gasteiger partial charge in [0.15, 0.2) is 0 Å². The van der Waals surface area contributed by atoms with Crippen LogP contribution in [0.3, 0.4) is 0 Å². The van der Waals surface area contributed by atoms with Crippen LogP contribution in [0, 0.1) is 0 Å². The number of nitrogens with two attached hydrogens (primary N) is 1. The summed E-state index contributed by atoms with van der Waals surface area (Å²) in [7, 11) is 0. The molecule has 0 fully saturated rings. The van der Waals surface area contributed by atoms with Gasteiger partial charge in [-0.25, -0.2) is 0 Å². The van der Waals surface area contributed by atoms with E-state index in [2.05, 4.69) is 11.4 Å². The third-order valence-electron chi connectivity index (χ3n) is 2.57. The summed E-state index contributed by atoms with van der Waals surface area (Å²) in [6.45, 7) is 6.12. The molecule has 0 radical (unpaired) electrons. The van der Waals surface area contributed by atoms with Crippen molar-refractivity contribution in [1.82, 2.24) is 0 Å². The van der Waals surface area contributed by atoms with Gasteiger partial charge in [0.1, 0.15) is 11.4 Å². The zero-order valence-corrected chi connectivity index (χ0v) is 13.1. The first-order chi connectivity index (χ1) is 8.46. The Bertz CT molecular complexity index is 488. The van der Waals surface area contributed by atoms with Gasteiger partial charge < -0.3 is 10.5 Å². The molecule has 0 aliphatic carbocycles. The fourth-order valence-corrected chi connectivity index (χ4v) is 2.44. The monoisotopic (exact) mass is 297 g/mol. The zero-order chi connectivity index (χ0) is 13.2. The van der Waals surface area contributed by atoms with Crippen molar-refractivity contribution in [3.05, 3.63) is 52.2 Å². The fraction of sp³-hybridized carbons (Fsp3) is 0.333. The van der Waals surface area contributed by atoms with Crippen molar-refractivity contribution in [1.29, 1.82) is 0 Å². The highest BCUT2D eigenvalue weighted by atomic mass is 35.5. The van der Waals surface area contributed by atoms with Gasteiger partial charge in [-0.05, 0) is 60.9 Å². The van der Waals surface area contributed by atoms with Gasteiger partial charge in [0.05, 0.1) is 6.04 Å². The Balaban J connectivity index is 0.00000180. The van der Waals surface area contributed by atoms with Crippen LogP contribution in [0.2, 0.25) is 0 Å². The van der Waals surface area contributed by atoms with Crippen LogP contribution in [-0.4, -0.2) is 5.60 Å². The highest BCUT2D eigenvalue weighted by molar-refractivity contribution is 7.08. The SMILES string of the molecule is CC(C)(C)Oc1ccc([C@@H](N)c2ccsc2)cc1.Cl. The van der Waals surface area contributed by atoms with Crippen LogP contribution < -0.4 is 10.5 Å². The zero-order valence-electron chi connectivity index (χ0n) is 11.4. The predicted molar refractivity (Wildman–Crippen MR) is 84.4 cm³/mol. The summed E-state index contributed by atoms with van der Waals surface area (Å²) in [5.74, 6) is 0.878. The minimum absolute atomic E-state index is 0. The number of halogens is 1. The first kappa shape index (κ1) is 16.0. The quantitative estimate of drug-likeness (QED) is 0.911. The van der Waals surface area contributed by atoms with Gasteiger partial charge in [0, 0.05) is 0 Å². The molecule has 0 saturated heterocycles. The fourth-order valence-electron chi connectivity index (χ4n) is 1.74. The molecule has 2 aromatic rings. The summed E-state index contributed by atoms with van der Waals surface area (Å²) in [5, 5.41) is 4.14. The van der Waals surface area contributed by atoms with Crippen molar-refractivity contribution in [2.75, 3.05) is 0 Å². The molecule has 2 rings (SSSR count). The molecule has 0 unspecified atom stereocenters. The molecule has 2 N–H and O–H groups in total. The van der Waals surface area contributed by atoms with Crippen molar-refractivity contribution in [3.8, 4) is 5.75 Å². The highest BCUT2D eigenvalue weighted by Gasteiger charge is 2.13. The van der Waals surface area contributed by atoms with Crippen LogP contribution in [0.5, 0.6) is 5.75 Å². The molecule has 2 nitrogen and oxygen atoms in total. The predicted octanol–water partition coefficient (Wildman–Crippen LogP) is 4.40. The number of ether oxygens (including phenoxy) is 1. The topological polar surface area (TPSA) is 35.2 Å². The largest absolute Gasteiger partial charge is 0.488 e. The van der Waals surface area contributed by atoms with Crippen molar-refractivity contribution < 1.29 is 4.74 Å². The summed E-state index contributed by atoms with van der Waals surface area (Å²) in [6.07, 6.45) is 0. The molecular weight excluding hydrogens is 278 g/mol. The average molecular weight is 298 g/mol. The Hall–Kier alpha value is -1.03. The molecule has 0 saturated carbocycles. The molecule has 1 aromatic carbocycles. The van der Waals surface area contributed by atoms with Crippen LogP contribution >= 0.6 is 23.7 Å². The number of thiophene rings is 1. The van der Waals surface area contributed by atoms with E-state index in [0.717, 1.165) is 16.9 Å². The Labute approximate surface area is 125 Å². The minimum Gasteiger partial charge on any atom is -0.488 e. The van der Waals surface area contributed by atoms with Crippen LogP contribution in [0.25, 0.3) is 0 Å². The summed E-state index contributed by atoms with van der Waals surface area (Å²) in [6, 6.07) is 10.0. The van der Waals surface area contributed by atoms with E-state index >= 15 is 0 Å². The van der Waals surface area contributed by atoms with E-state index in [1.807, 2.05) is 50.4 Å². The van der Waals surface area contributed by atoms with E-state index in [1.165, 1.54) is 0 Å². The lowest BCUT2D eigenvalue weighted by atomic mass is 10.0. The Morgan fingerprint density at radius 3 is 2.16 bits per heavy atom. The van der Waals surface area contributed by atoms with Crippen molar-refractivity contribution >= 4 is 23.7 Å². The maximum Gasteiger partial charge on any atom is 0.120 e. The lowest BCUT2D eigenvalue weighted by molar-refractivity contribution is 0.131. The minimum atomic E-state index is -0.170. The lowest BCUT2D eigenvalue weighted by Crippen LogP contribution is -2.22. The third kappa shape index (κ3) is 4.53. The third-order valence-corrected chi connectivity index (χ3v) is 3.27. The van der Waals surface area contributed by atoms with E-state index in [9.17, 15) is 0 Å². The van der Waals surface area contributed by atoms with E-state index in [0.29, 0.717) is 0 Å². The molecule has 0 aliphatic heterocycles. The first-order valence-corrected chi connectivity index (χ1v) is 6.97. The maximum atomic E-state index is 6.20. The normalized spacial score (nSPS) is 12.6. The molecule has 0 bridgehead atoms. The molecule has 0 amide bonds. The Morgan fingerprint density at radius 1 is 1.05 bits per heavy atom. The number of hydrogen-bond acceptors (Lipinski definition) is 3. The first-order valence-electron chi connectivity index (χ1n) is 6.02. The van der Waals surface area contributed by atoms with Gasteiger partial charge in [0.25, 0.3) is 0 Å². The van der Waals surface area contributed by atoms with Gasteiger partial charge in [0.2, 0.25) is 0 Å². The van der Waals surface area contributed by atoms with Crippen LogP contribution in [0.4, 0.5) is 0 Å². The summed E-state index contributed by atoms with van der Waals surface area (Å²) >= 11 is 1.67. The molecule has 0 spiro atoms. The van der Waals surface area contributed by atoms with Crippen molar-refractivity contribution in [2.45, 2.75) is 32.4 Å². The Kier molecular flexibility index (Phi) is 5.41. The summed E-state index contributed by atoms with van der Waals surface area (Å²) in [5.41, 5.74) is 8.30. The molecular formula is C15H20ClNOS. The second-order valence-electron chi connectivity index (χ2n) is 5.32. The Morgan fingerprint density at radius 2 is 1.68 bits per heavy atom. The van der Waals surface area contributed by atoms with Crippen LogP contribution in [-0.2, 0) is 0 Å². The van der Waals surface area contributed by atoms with E-state index in [4.69, 9.17) is 10.5 Å². The molecule has 4 heteroatoms. The van der Waals surface area contributed by atoms with Gasteiger partial charge >= 0.3 is 0 Å². The van der Waals surface area contributed by atoms with Crippen molar-refractivity contribution in [3.63, 3.8) is 0 Å². The van der Waals surface area contributed by atoms with Gasteiger partial charge in [-0.3, -0.25) is 0 Å². The van der Waals surface area contributed by atoms with Crippen LogP contribution in [0.15, 0.2) is 41.1 Å². The molecule has 19 heavy (non-hydrogen) atoms. The second kappa shape index (κ2) is 6.42. The lowest BCUT2D eigenvalue weighted by Gasteiger charge is -2.21. The molecule has 104 valence electrons.